The van der Waals surface area contributed by atoms with Gasteiger partial charge in [0, 0.05) is 37.5 Å². The minimum absolute atomic E-state index is 0.0892. The van der Waals surface area contributed by atoms with Crippen molar-refractivity contribution in [3.63, 3.8) is 0 Å². The highest BCUT2D eigenvalue weighted by atomic mass is 16.5. The van der Waals surface area contributed by atoms with E-state index in [2.05, 4.69) is 15.5 Å². The van der Waals surface area contributed by atoms with Crippen LogP contribution in [-0.2, 0) is 18.2 Å². The minimum Gasteiger partial charge on any atom is -0.497 e. The number of aryl methyl sites for hydroxylation is 1. The number of ether oxygens (including phenoxy) is 2. The van der Waals surface area contributed by atoms with Crippen molar-refractivity contribution in [3.8, 4) is 5.75 Å². The quantitative estimate of drug-likeness (QED) is 0.716. The summed E-state index contributed by atoms with van der Waals surface area (Å²) in [7, 11) is 3.50. The summed E-state index contributed by atoms with van der Waals surface area (Å²) in [6.45, 7) is 1.16. The van der Waals surface area contributed by atoms with E-state index in [1.54, 1.807) is 7.11 Å². The lowest BCUT2D eigenvalue weighted by Crippen LogP contribution is -2.27. The molecule has 2 aromatic heterocycles. The zero-order valence-corrected chi connectivity index (χ0v) is 15.4. The molecule has 8 heteroatoms. The first-order valence-corrected chi connectivity index (χ1v) is 9.01. The second kappa shape index (κ2) is 7.40. The van der Waals surface area contributed by atoms with Crippen molar-refractivity contribution < 1.29 is 18.8 Å². The van der Waals surface area contributed by atoms with Gasteiger partial charge in [0.25, 0.3) is 11.8 Å². The van der Waals surface area contributed by atoms with Gasteiger partial charge in [-0.15, -0.1) is 0 Å². The Morgan fingerprint density at radius 1 is 1.41 bits per heavy atom. The Hall–Kier alpha value is -2.87. The molecule has 0 bridgehead atoms. The highest BCUT2D eigenvalue weighted by Gasteiger charge is 2.23. The lowest BCUT2D eigenvalue weighted by molar-refractivity contribution is 0.0835. The van der Waals surface area contributed by atoms with E-state index in [-0.39, 0.29) is 12.0 Å². The third-order valence-electron chi connectivity index (χ3n) is 4.81. The molecule has 8 nitrogen and oxygen atoms in total. The van der Waals surface area contributed by atoms with E-state index in [4.69, 9.17) is 14.0 Å². The largest absolute Gasteiger partial charge is 0.497 e. The number of carbonyl (C=O) groups excluding carboxylic acids is 1. The molecule has 0 saturated carbocycles. The van der Waals surface area contributed by atoms with Crippen molar-refractivity contribution in [2.45, 2.75) is 25.4 Å². The lowest BCUT2D eigenvalue weighted by atomic mass is 10.2. The average molecular weight is 370 g/mol. The average Bonchev–Trinajstić information content (AvgIpc) is 3.41. The normalized spacial score (nSPS) is 16.7. The van der Waals surface area contributed by atoms with E-state index in [1.807, 2.05) is 35.9 Å². The summed E-state index contributed by atoms with van der Waals surface area (Å²) >= 11 is 0. The van der Waals surface area contributed by atoms with Gasteiger partial charge in [-0.1, -0.05) is 5.16 Å². The number of methoxy groups -OCH3 is 1. The Labute approximate surface area is 156 Å². The number of amides is 1. The minimum atomic E-state index is -0.143. The number of aromatic nitrogens is 3. The zero-order valence-electron chi connectivity index (χ0n) is 15.4. The van der Waals surface area contributed by atoms with Crippen LogP contribution in [-0.4, -0.2) is 40.9 Å². The topological polar surface area (TPSA) is 91.4 Å². The molecule has 3 heterocycles. The number of nitrogens with zero attached hydrogens (tertiary/aromatic N) is 3. The predicted molar refractivity (Wildman–Crippen MR) is 97.7 cm³/mol. The first kappa shape index (κ1) is 17.5. The number of hydrogen-bond acceptors (Lipinski definition) is 6. The molecular weight excluding hydrogens is 348 g/mol. The number of fused-ring (bicyclic) bond motifs is 1. The zero-order chi connectivity index (χ0) is 18.8. The van der Waals surface area contributed by atoms with Gasteiger partial charge in [0.05, 0.1) is 7.11 Å². The number of nitrogens with one attached hydrogen (secondary N) is 1. The van der Waals surface area contributed by atoms with Crippen molar-refractivity contribution in [2.24, 2.45) is 7.05 Å². The summed E-state index contributed by atoms with van der Waals surface area (Å²) in [6.07, 6.45) is 2.33. The Bertz CT molecular complexity index is 956. The maximum absolute atomic E-state index is 12.5. The second-order valence-corrected chi connectivity index (χ2v) is 6.57. The first-order valence-electron chi connectivity index (χ1n) is 9.01. The number of hydrogen-bond donors (Lipinski definition) is 1. The Balaban J connectivity index is 1.38. The van der Waals surface area contributed by atoms with E-state index in [9.17, 15) is 4.79 Å². The molecule has 0 aliphatic carbocycles. The molecule has 3 aromatic rings. The molecule has 1 aromatic carbocycles. The molecule has 1 aliphatic rings. The predicted octanol–water partition coefficient (Wildman–Crippen LogP) is 2.39. The van der Waals surface area contributed by atoms with Crippen LogP contribution >= 0.6 is 0 Å². The van der Waals surface area contributed by atoms with Gasteiger partial charge in [-0.2, -0.15) is 4.98 Å². The van der Waals surface area contributed by atoms with E-state index >= 15 is 0 Å². The monoisotopic (exact) mass is 370 g/mol. The van der Waals surface area contributed by atoms with Crippen LogP contribution in [0.1, 0.15) is 41.1 Å². The van der Waals surface area contributed by atoms with Crippen molar-refractivity contribution in [1.29, 1.82) is 0 Å². The van der Waals surface area contributed by atoms with E-state index in [0.717, 1.165) is 36.1 Å². The molecule has 1 aliphatic heterocycles. The molecule has 1 atom stereocenters. The van der Waals surface area contributed by atoms with Crippen LogP contribution < -0.4 is 10.1 Å². The lowest BCUT2D eigenvalue weighted by Gasteiger charge is -2.05. The molecule has 27 heavy (non-hydrogen) atoms. The molecule has 1 fully saturated rings. The number of rotatable bonds is 6. The molecule has 1 saturated heterocycles. The molecular formula is C19H22N4O4. The Kier molecular flexibility index (Phi) is 4.81. The highest BCUT2D eigenvalue weighted by Crippen LogP contribution is 2.27. The highest BCUT2D eigenvalue weighted by molar-refractivity contribution is 5.99. The van der Waals surface area contributed by atoms with Gasteiger partial charge in [-0.05, 0) is 37.1 Å². The van der Waals surface area contributed by atoms with Crippen LogP contribution in [0.4, 0.5) is 0 Å². The van der Waals surface area contributed by atoms with Gasteiger partial charge >= 0.3 is 0 Å². The standard InChI is InChI=1S/C19H22N4O4/c1-23-14-6-5-13(25-2)10-12(14)11-15(23)18(24)20-8-7-17-21-19(27-22-17)16-4-3-9-26-16/h5-6,10-11,16H,3-4,7-9H2,1-2H3,(H,20,24)/t16-/m1/s1. The van der Waals surface area contributed by atoms with Crippen molar-refractivity contribution in [1.82, 2.24) is 20.0 Å². The first-order chi connectivity index (χ1) is 13.2. The van der Waals surface area contributed by atoms with Crippen LogP contribution in [0.2, 0.25) is 0 Å². The van der Waals surface area contributed by atoms with Crippen LogP contribution in [0, 0.1) is 0 Å². The van der Waals surface area contributed by atoms with Crippen molar-refractivity contribution >= 4 is 16.8 Å². The van der Waals surface area contributed by atoms with Crippen LogP contribution in [0.15, 0.2) is 28.8 Å². The number of carbonyl (C=O) groups is 1. The molecule has 0 spiro atoms. The van der Waals surface area contributed by atoms with Crippen LogP contribution in [0.5, 0.6) is 5.75 Å². The molecule has 1 amide bonds. The fourth-order valence-electron chi connectivity index (χ4n) is 3.32. The van der Waals surface area contributed by atoms with E-state index in [1.165, 1.54) is 0 Å². The molecule has 0 radical (unpaired) electrons. The van der Waals surface area contributed by atoms with Gasteiger partial charge in [0.2, 0.25) is 0 Å². The number of benzene rings is 1. The second-order valence-electron chi connectivity index (χ2n) is 6.57. The van der Waals surface area contributed by atoms with E-state index in [0.29, 0.717) is 30.4 Å². The summed E-state index contributed by atoms with van der Waals surface area (Å²) in [5, 5.41) is 7.84. The third kappa shape index (κ3) is 3.52. The van der Waals surface area contributed by atoms with E-state index < -0.39 is 0 Å². The molecule has 4 rings (SSSR count). The van der Waals surface area contributed by atoms with Gasteiger partial charge < -0.3 is 23.9 Å². The molecule has 1 N–H and O–H groups in total. The smallest absolute Gasteiger partial charge is 0.267 e. The van der Waals surface area contributed by atoms with Crippen LogP contribution in [0.3, 0.4) is 0 Å². The molecule has 0 unspecified atom stereocenters. The van der Waals surface area contributed by atoms with Crippen LogP contribution in [0.25, 0.3) is 10.9 Å². The van der Waals surface area contributed by atoms with Crippen molar-refractivity contribution in [3.05, 3.63) is 41.7 Å². The summed E-state index contributed by atoms with van der Waals surface area (Å²) < 4.78 is 17.9. The van der Waals surface area contributed by atoms with Crippen molar-refractivity contribution in [2.75, 3.05) is 20.3 Å². The summed E-state index contributed by atoms with van der Waals surface area (Å²) in [5.41, 5.74) is 1.56. The summed E-state index contributed by atoms with van der Waals surface area (Å²) in [5.74, 6) is 1.72. The SMILES string of the molecule is COc1ccc2c(c1)cc(C(=O)NCCc1noc([C@H]3CCCO3)n1)n2C. The third-order valence-corrected chi connectivity index (χ3v) is 4.81. The molecule has 142 valence electrons. The summed E-state index contributed by atoms with van der Waals surface area (Å²) in [4.78, 5) is 16.9. The van der Waals surface area contributed by atoms with Gasteiger partial charge in [0.15, 0.2) is 5.82 Å². The Morgan fingerprint density at radius 2 is 2.30 bits per heavy atom. The van der Waals surface area contributed by atoms with Gasteiger partial charge in [-0.3, -0.25) is 4.79 Å². The maximum atomic E-state index is 12.5. The Morgan fingerprint density at radius 3 is 3.07 bits per heavy atom. The maximum Gasteiger partial charge on any atom is 0.267 e. The van der Waals surface area contributed by atoms with Gasteiger partial charge in [0.1, 0.15) is 17.5 Å². The van der Waals surface area contributed by atoms with Gasteiger partial charge in [-0.25, -0.2) is 0 Å². The summed E-state index contributed by atoms with van der Waals surface area (Å²) in [6, 6.07) is 7.60. The fourth-order valence-corrected chi connectivity index (χ4v) is 3.32. The fraction of sp³-hybridized carbons (Fsp3) is 0.421.